The summed E-state index contributed by atoms with van der Waals surface area (Å²) in [5.41, 5.74) is 0.931. The molecule has 0 aliphatic carbocycles. The van der Waals surface area contributed by atoms with Gasteiger partial charge in [0.25, 0.3) is 11.8 Å². The van der Waals surface area contributed by atoms with Crippen LogP contribution in [0.5, 0.6) is 0 Å². The fourth-order valence-corrected chi connectivity index (χ4v) is 3.79. The third-order valence-corrected chi connectivity index (χ3v) is 5.43. The molecular weight excluding hydrogens is 453 g/mol. The quantitative estimate of drug-likeness (QED) is 0.603. The molecule has 0 spiro atoms. The first-order valence-electron chi connectivity index (χ1n) is 9.84. The summed E-state index contributed by atoms with van der Waals surface area (Å²) < 4.78 is 13.7. The van der Waals surface area contributed by atoms with Gasteiger partial charge in [-0.2, -0.15) is 0 Å². The number of hydrogen-bond acceptors (Lipinski definition) is 3. The summed E-state index contributed by atoms with van der Waals surface area (Å²) >= 11 is 3.36. The van der Waals surface area contributed by atoms with Gasteiger partial charge in [0.05, 0.1) is 0 Å². The Labute approximate surface area is 183 Å². The lowest BCUT2D eigenvalue weighted by Crippen LogP contribution is -2.46. The molecule has 2 aromatic rings. The van der Waals surface area contributed by atoms with E-state index in [1.54, 1.807) is 23.1 Å². The first-order chi connectivity index (χ1) is 14.5. The Hall–Kier alpha value is -2.74. The minimum Gasteiger partial charge on any atom is -0.354 e. The fraction of sp³-hybridized carbons (Fsp3) is 0.318. The van der Waals surface area contributed by atoms with Crippen LogP contribution in [0.3, 0.4) is 0 Å². The van der Waals surface area contributed by atoms with E-state index in [-0.39, 0.29) is 17.7 Å². The van der Waals surface area contributed by atoms with Crippen molar-refractivity contribution in [3.8, 4) is 0 Å². The molecule has 2 aromatic carbocycles. The van der Waals surface area contributed by atoms with Crippen LogP contribution in [0, 0.1) is 5.82 Å². The number of nitrogens with zero attached hydrogens (tertiary/aromatic N) is 1. The fourth-order valence-electron chi connectivity index (χ4n) is 3.39. The van der Waals surface area contributed by atoms with E-state index in [9.17, 15) is 18.8 Å². The highest BCUT2D eigenvalue weighted by Gasteiger charge is 2.34. The van der Waals surface area contributed by atoms with Gasteiger partial charge in [0, 0.05) is 35.2 Å². The third-order valence-electron chi connectivity index (χ3n) is 4.93. The molecule has 6 nitrogen and oxygen atoms in total. The molecule has 1 fully saturated rings. The summed E-state index contributed by atoms with van der Waals surface area (Å²) in [5.74, 6) is -1.02. The number of likely N-dealkylation sites (tertiary alicyclic amines) is 1. The van der Waals surface area contributed by atoms with Crippen molar-refractivity contribution in [2.45, 2.75) is 25.3 Å². The summed E-state index contributed by atoms with van der Waals surface area (Å²) in [6, 6.07) is 12.0. The number of amides is 3. The summed E-state index contributed by atoms with van der Waals surface area (Å²) in [6.07, 6.45) is 1.96. The van der Waals surface area contributed by atoms with Gasteiger partial charge in [-0.15, -0.1) is 0 Å². The largest absolute Gasteiger partial charge is 0.354 e. The second-order valence-corrected chi connectivity index (χ2v) is 7.99. The van der Waals surface area contributed by atoms with Crippen LogP contribution in [0.4, 0.5) is 4.39 Å². The molecule has 0 radical (unpaired) electrons. The van der Waals surface area contributed by atoms with E-state index < -0.39 is 11.9 Å². The van der Waals surface area contributed by atoms with Gasteiger partial charge in [0.15, 0.2) is 0 Å². The van der Waals surface area contributed by atoms with Crippen molar-refractivity contribution in [3.63, 3.8) is 0 Å². The van der Waals surface area contributed by atoms with Crippen LogP contribution >= 0.6 is 15.9 Å². The summed E-state index contributed by atoms with van der Waals surface area (Å²) in [4.78, 5) is 38.9. The molecule has 8 heteroatoms. The zero-order valence-corrected chi connectivity index (χ0v) is 18.0. The van der Waals surface area contributed by atoms with Crippen molar-refractivity contribution in [2.75, 3.05) is 19.6 Å². The molecule has 3 rings (SSSR count). The molecule has 0 saturated carbocycles. The van der Waals surface area contributed by atoms with Gasteiger partial charge >= 0.3 is 0 Å². The molecule has 3 amide bonds. The number of benzene rings is 2. The van der Waals surface area contributed by atoms with Gasteiger partial charge in [-0.25, -0.2) is 4.39 Å². The van der Waals surface area contributed by atoms with Crippen LogP contribution in [-0.2, 0) is 4.79 Å². The molecule has 158 valence electrons. The van der Waals surface area contributed by atoms with Crippen molar-refractivity contribution >= 4 is 33.7 Å². The molecule has 0 bridgehead atoms. The van der Waals surface area contributed by atoms with Gasteiger partial charge in [-0.3, -0.25) is 14.4 Å². The summed E-state index contributed by atoms with van der Waals surface area (Å²) in [6.45, 7) is 1.32. The lowest BCUT2D eigenvalue weighted by Gasteiger charge is -2.24. The van der Waals surface area contributed by atoms with Crippen molar-refractivity contribution in [1.29, 1.82) is 0 Å². The number of nitrogens with one attached hydrogen (secondary N) is 2. The van der Waals surface area contributed by atoms with Gasteiger partial charge in [0.1, 0.15) is 11.9 Å². The second kappa shape index (κ2) is 10.3. The van der Waals surface area contributed by atoms with Crippen molar-refractivity contribution in [2.24, 2.45) is 0 Å². The molecule has 1 saturated heterocycles. The number of carbonyl (C=O) groups is 3. The Balaban J connectivity index is 1.43. The van der Waals surface area contributed by atoms with Crippen molar-refractivity contribution in [3.05, 3.63) is 69.9 Å². The topological polar surface area (TPSA) is 78.5 Å². The van der Waals surface area contributed by atoms with E-state index >= 15 is 0 Å². The molecule has 2 N–H and O–H groups in total. The second-order valence-electron chi connectivity index (χ2n) is 7.07. The predicted molar refractivity (Wildman–Crippen MR) is 115 cm³/mol. The van der Waals surface area contributed by atoms with Crippen LogP contribution in [-0.4, -0.2) is 48.3 Å². The van der Waals surface area contributed by atoms with E-state index in [0.29, 0.717) is 43.6 Å². The number of rotatable bonds is 7. The van der Waals surface area contributed by atoms with Gasteiger partial charge in [-0.1, -0.05) is 22.0 Å². The molecule has 0 unspecified atom stereocenters. The third kappa shape index (κ3) is 5.66. The van der Waals surface area contributed by atoms with Crippen LogP contribution in [0.1, 0.15) is 40.0 Å². The highest BCUT2D eigenvalue weighted by atomic mass is 79.9. The molecule has 1 heterocycles. The van der Waals surface area contributed by atoms with E-state index in [2.05, 4.69) is 26.6 Å². The maximum atomic E-state index is 12.9. The minimum atomic E-state index is -0.481. The van der Waals surface area contributed by atoms with Crippen LogP contribution in [0.15, 0.2) is 53.0 Å². The highest BCUT2D eigenvalue weighted by Crippen LogP contribution is 2.22. The normalized spacial score (nSPS) is 15.7. The maximum Gasteiger partial charge on any atom is 0.254 e. The molecule has 30 heavy (non-hydrogen) atoms. The summed E-state index contributed by atoms with van der Waals surface area (Å²) in [7, 11) is 0. The number of halogens is 2. The Morgan fingerprint density at radius 1 is 1.03 bits per heavy atom. The van der Waals surface area contributed by atoms with Crippen LogP contribution in [0.2, 0.25) is 0 Å². The van der Waals surface area contributed by atoms with Gasteiger partial charge < -0.3 is 15.5 Å². The van der Waals surface area contributed by atoms with E-state index in [1.807, 2.05) is 6.07 Å². The van der Waals surface area contributed by atoms with E-state index in [1.165, 1.54) is 24.3 Å². The molecule has 1 atom stereocenters. The molecular formula is C22H23BrFN3O3. The van der Waals surface area contributed by atoms with Crippen molar-refractivity contribution in [1.82, 2.24) is 15.5 Å². The SMILES string of the molecule is O=C(NCCCNC(=O)[C@@H]1CCCN1C(=O)c1cccc(Br)c1)c1ccc(F)cc1. The van der Waals surface area contributed by atoms with Crippen LogP contribution in [0.25, 0.3) is 0 Å². The minimum absolute atomic E-state index is 0.152. The molecule has 0 aromatic heterocycles. The lowest BCUT2D eigenvalue weighted by atomic mass is 10.1. The summed E-state index contributed by atoms with van der Waals surface area (Å²) in [5, 5.41) is 5.58. The van der Waals surface area contributed by atoms with Gasteiger partial charge in [-0.05, 0) is 61.7 Å². The van der Waals surface area contributed by atoms with E-state index in [0.717, 1.165) is 10.9 Å². The maximum absolute atomic E-state index is 12.9. The predicted octanol–water partition coefficient (Wildman–Crippen LogP) is 3.13. The van der Waals surface area contributed by atoms with Crippen LogP contribution < -0.4 is 10.6 Å². The Bertz CT molecular complexity index is 920. The molecule has 1 aliphatic heterocycles. The average Bonchev–Trinajstić information content (AvgIpc) is 3.23. The smallest absolute Gasteiger partial charge is 0.254 e. The monoisotopic (exact) mass is 475 g/mol. The first kappa shape index (κ1) is 22.0. The lowest BCUT2D eigenvalue weighted by molar-refractivity contribution is -0.124. The Kier molecular flexibility index (Phi) is 7.57. The zero-order chi connectivity index (χ0) is 21.5. The zero-order valence-electron chi connectivity index (χ0n) is 16.4. The van der Waals surface area contributed by atoms with Gasteiger partial charge in [0.2, 0.25) is 5.91 Å². The molecule has 1 aliphatic rings. The first-order valence-corrected chi connectivity index (χ1v) is 10.6. The number of carbonyl (C=O) groups excluding carboxylic acids is 3. The average molecular weight is 476 g/mol. The highest BCUT2D eigenvalue weighted by molar-refractivity contribution is 9.10. The standard InChI is InChI=1S/C22H23BrFN3O3/c23-17-5-1-4-16(14-17)22(30)27-13-2-6-19(27)21(29)26-12-3-11-25-20(28)15-7-9-18(24)10-8-15/h1,4-5,7-10,14,19H,2-3,6,11-13H2,(H,25,28)(H,26,29)/t19-/m0/s1. The Morgan fingerprint density at radius 2 is 1.77 bits per heavy atom. The Morgan fingerprint density at radius 3 is 2.50 bits per heavy atom. The van der Waals surface area contributed by atoms with E-state index in [4.69, 9.17) is 0 Å². The van der Waals surface area contributed by atoms with Crippen molar-refractivity contribution < 1.29 is 18.8 Å². The number of hydrogen-bond donors (Lipinski definition) is 2.